The maximum absolute atomic E-state index is 12.0. The Hall–Kier alpha value is -2.44. The number of H-pyrrole nitrogens is 1. The van der Waals surface area contributed by atoms with E-state index in [1.54, 1.807) is 6.07 Å². The molecule has 0 saturated heterocycles. The zero-order valence-corrected chi connectivity index (χ0v) is 13.8. The molecule has 124 valence electrons. The third-order valence-corrected chi connectivity index (χ3v) is 3.35. The zero-order valence-electron chi connectivity index (χ0n) is 13.8. The van der Waals surface area contributed by atoms with Gasteiger partial charge in [-0.1, -0.05) is 26.7 Å². The highest BCUT2D eigenvalue weighted by atomic mass is 16.1. The molecule has 2 N–H and O–H groups in total. The van der Waals surface area contributed by atoms with Crippen LogP contribution in [0.1, 0.15) is 50.9 Å². The minimum absolute atomic E-state index is 0.0694. The van der Waals surface area contributed by atoms with E-state index in [0.717, 1.165) is 31.4 Å². The number of hydrogen-bond donors (Lipinski definition) is 2. The smallest absolute Gasteiger partial charge is 0.252 e. The average Bonchev–Trinajstić information content (AvgIpc) is 2.85. The summed E-state index contributed by atoms with van der Waals surface area (Å²) in [5, 5.41) is 7.16. The van der Waals surface area contributed by atoms with Crippen LogP contribution in [-0.4, -0.2) is 25.7 Å². The van der Waals surface area contributed by atoms with Crippen LogP contribution in [0.15, 0.2) is 16.9 Å². The summed E-state index contributed by atoms with van der Waals surface area (Å²) in [5.74, 6) is 0.764. The Labute approximate surface area is 135 Å². The Morgan fingerprint density at radius 2 is 2.09 bits per heavy atom. The van der Waals surface area contributed by atoms with Crippen molar-refractivity contribution in [1.29, 1.82) is 0 Å². The first-order chi connectivity index (χ1) is 11.0. The molecule has 0 saturated carbocycles. The van der Waals surface area contributed by atoms with Gasteiger partial charge in [-0.15, -0.1) is 0 Å². The van der Waals surface area contributed by atoms with Crippen molar-refractivity contribution in [2.24, 2.45) is 0 Å². The van der Waals surface area contributed by atoms with Gasteiger partial charge in [0.2, 0.25) is 11.9 Å². The summed E-state index contributed by atoms with van der Waals surface area (Å²) in [6, 6.07) is 3.25. The molecule has 0 atom stereocenters. The maximum atomic E-state index is 12.0. The van der Waals surface area contributed by atoms with Crippen molar-refractivity contribution in [3.63, 3.8) is 0 Å². The Balaban J connectivity index is 2.33. The molecule has 0 aromatic carbocycles. The van der Waals surface area contributed by atoms with Gasteiger partial charge in [-0.3, -0.25) is 14.6 Å². The topological polar surface area (TPSA) is 92.7 Å². The van der Waals surface area contributed by atoms with Crippen LogP contribution in [0.4, 0.5) is 5.82 Å². The number of nitrogens with zero attached hydrogens (tertiary/aromatic N) is 3. The predicted octanol–water partition coefficient (Wildman–Crippen LogP) is 2.35. The summed E-state index contributed by atoms with van der Waals surface area (Å²) < 4.78 is 1.47. The number of amides is 1. The second-order valence-electron chi connectivity index (χ2n) is 5.54. The van der Waals surface area contributed by atoms with Crippen LogP contribution >= 0.6 is 0 Å². The molecule has 23 heavy (non-hydrogen) atoms. The molecule has 7 nitrogen and oxygen atoms in total. The van der Waals surface area contributed by atoms with Crippen LogP contribution in [0.25, 0.3) is 5.95 Å². The molecular weight excluding hydrogens is 294 g/mol. The van der Waals surface area contributed by atoms with E-state index in [1.165, 1.54) is 10.7 Å². The molecule has 0 fully saturated rings. The molecule has 1 amide bonds. The van der Waals surface area contributed by atoms with Crippen LogP contribution in [0.2, 0.25) is 0 Å². The number of aromatic nitrogens is 4. The minimum Gasteiger partial charge on any atom is -0.310 e. The van der Waals surface area contributed by atoms with Crippen molar-refractivity contribution in [3.05, 3.63) is 33.9 Å². The lowest BCUT2D eigenvalue weighted by Crippen LogP contribution is -2.19. The zero-order chi connectivity index (χ0) is 16.8. The third-order valence-electron chi connectivity index (χ3n) is 3.35. The van der Waals surface area contributed by atoms with E-state index in [4.69, 9.17) is 0 Å². The lowest BCUT2D eigenvalue weighted by molar-refractivity contribution is -0.116. The number of hydrogen-bond acceptors (Lipinski definition) is 4. The molecule has 0 radical (unpaired) electrons. The Bertz CT molecular complexity index is 732. The summed E-state index contributed by atoms with van der Waals surface area (Å²) in [5.41, 5.74) is 1.22. The molecule has 0 aliphatic carbocycles. The summed E-state index contributed by atoms with van der Waals surface area (Å²) in [7, 11) is 0. The van der Waals surface area contributed by atoms with Crippen LogP contribution in [-0.2, 0) is 11.2 Å². The first-order valence-corrected chi connectivity index (χ1v) is 8.00. The highest BCUT2D eigenvalue weighted by molar-refractivity contribution is 5.90. The van der Waals surface area contributed by atoms with E-state index in [0.29, 0.717) is 23.9 Å². The van der Waals surface area contributed by atoms with Crippen molar-refractivity contribution in [2.45, 2.75) is 52.9 Å². The van der Waals surface area contributed by atoms with Gasteiger partial charge in [0, 0.05) is 24.2 Å². The Morgan fingerprint density at radius 1 is 1.30 bits per heavy atom. The molecule has 2 aromatic rings. The van der Waals surface area contributed by atoms with Crippen molar-refractivity contribution in [3.8, 4) is 5.95 Å². The van der Waals surface area contributed by atoms with Gasteiger partial charge in [0.1, 0.15) is 5.82 Å². The highest BCUT2D eigenvalue weighted by Gasteiger charge is 2.13. The van der Waals surface area contributed by atoms with Crippen molar-refractivity contribution in [2.75, 3.05) is 5.32 Å². The number of anilines is 1. The third kappa shape index (κ3) is 4.51. The average molecular weight is 317 g/mol. The standard InChI is InChI=1S/C16H23N5O2/c1-4-6-8-14(22)18-13-9-11(3)20-21(13)16-17-12(7-5-2)10-15(23)19-16/h9-10H,4-8H2,1-3H3,(H,18,22)(H,17,19,23). The normalized spacial score (nSPS) is 10.7. The summed E-state index contributed by atoms with van der Waals surface area (Å²) in [4.78, 5) is 30.9. The Morgan fingerprint density at radius 3 is 2.78 bits per heavy atom. The van der Waals surface area contributed by atoms with E-state index in [1.807, 2.05) is 20.8 Å². The van der Waals surface area contributed by atoms with Crippen LogP contribution in [0, 0.1) is 6.92 Å². The monoisotopic (exact) mass is 317 g/mol. The fourth-order valence-corrected chi connectivity index (χ4v) is 2.27. The number of carbonyl (C=O) groups is 1. The molecule has 0 aliphatic rings. The lowest BCUT2D eigenvalue weighted by atomic mass is 10.2. The largest absolute Gasteiger partial charge is 0.310 e. The number of unbranched alkanes of at least 4 members (excludes halogenated alkanes) is 1. The number of rotatable bonds is 7. The molecule has 7 heteroatoms. The highest BCUT2D eigenvalue weighted by Crippen LogP contribution is 2.15. The molecule has 2 rings (SSSR count). The molecule has 2 aromatic heterocycles. The SMILES string of the molecule is CCCCC(=O)Nc1cc(C)nn1-c1nc(CCC)cc(=O)[nH]1. The van der Waals surface area contributed by atoms with Gasteiger partial charge in [0.15, 0.2) is 0 Å². The van der Waals surface area contributed by atoms with Crippen molar-refractivity contribution < 1.29 is 4.79 Å². The van der Waals surface area contributed by atoms with E-state index in [-0.39, 0.29) is 11.5 Å². The number of aromatic amines is 1. The molecule has 2 heterocycles. The fourth-order valence-electron chi connectivity index (χ4n) is 2.27. The van der Waals surface area contributed by atoms with Crippen molar-refractivity contribution in [1.82, 2.24) is 19.7 Å². The fraction of sp³-hybridized carbons (Fsp3) is 0.500. The molecule has 0 aliphatic heterocycles. The van der Waals surface area contributed by atoms with Crippen LogP contribution in [0.3, 0.4) is 0 Å². The van der Waals surface area contributed by atoms with Gasteiger partial charge in [-0.2, -0.15) is 9.78 Å². The number of aryl methyl sites for hydroxylation is 2. The van der Waals surface area contributed by atoms with E-state index in [9.17, 15) is 9.59 Å². The van der Waals surface area contributed by atoms with E-state index >= 15 is 0 Å². The summed E-state index contributed by atoms with van der Waals surface area (Å²) in [6.07, 6.45) is 3.87. The minimum atomic E-state index is -0.227. The molecule has 0 unspecified atom stereocenters. The van der Waals surface area contributed by atoms with E-state index in [2.05, 4.69) is 20.4 Å². The lowest BCUT2D eigenvalue weighted by Gasteiger charge is -2.08. The van der Waals surface area contributed by atoms with Crippen LogP contribution < -0.4 is 10.9 Å². The van der Waals surface area contributed by atoms with Gasteiger partial charge in [-0.05, 0) is 19.8 Å². The quantitative estimate of drug-likeness (QED) is 0.819. The van der Waals surface area contributed by atoms with Gasteiger partial charge in [-0.25, -0.2) is 4.98 Å². The summed E-state index contributed by atoms with van der Waals surface area (Å²) in [6.45, 7) is 5.89. The second kappa shape index (κ2) is 7.71. The molecule has 0 spiro atoms. The molecular formula is C16H23N5O2. The first-order valence-electron chi connectivity index (χ1n) is 8.00. The van der Waals surface area contributed by atoms with E-state index < -0.39 is 0 Å². The van der Waals surface area contributed by atoms with Gasteiger partial charge in [0.25, 0.3) is 5.56 Å². The maximum Gasteiger partial charge on any atom is 0.252 e. The van der Waals surface area contributed by atoms with Crippen molar-refractivity contribution >= 4 is 11.7 Å². The Kier molecular flexibility index (Phi) is 5.67. The van der Waals surface area contributed by atoms with Gasteiger partial charge in [0.05, 0.1) is 5.69 Å². The second-order valence-corrected chi connectivity index (χ2v) is 5.54. The summed E-state index contributed by atoms with van der Waals surface area (Å²) >= 11 is 0. The number of carbonyl (C=O) groups excluding carboxylic acids is 1. The predicted molar refractivity (Wildman–Crippen MR) is 88.9 cm³/mol. The number of nitrogens with one attached hydrogen (secondary N) is 2. The van der Waals surface area contributed by atoms with Crippen LogP contribution in [0.5, 0.6) is 0 Å². The van der Waals surface area contributed by atoms with Gasteiger partial charge >= 0.3 is 0 Å². The molecule has 0 bridgehead atoms. The first kappa shape index (κ1) is 16.9. The van der Waals surface area contributed by atoms with Gasteiger partial charge < -0.3 is 5.32 Å².